The number of aromatic nitrogens is 3. The summed E-state index contributed by atoms with van der Waals surface area (Å²) in [6, 6.07) is 9.84. The van der Waals surface area contributed by atoms with Gasteiger partial charge in [0.05, 0.1) is 5.75 Å². The zero-order chi connectivity index (χ0) is 22.9. The molecule has 0 radical (unpaired) electrons. The molecule has 0 N–H and O–H groups in total. The monoisotopic (exact) mass is 454 g/mol. The largest absolute Gasteiger partial charge is 0.337 e. The maximum absolute atomic E-state index is 13.1. The van der Waals surface area contributed by atoms with Crippen LogP contribution in [0.25, 0.3) is 11.4 Å². The van der Waals surface area contributed by atoms with Crippen molar-refractivity contribution >= 4 is 17.7 Å². The van der Waals surface area contributed by atoms with Gasteiger partial charge in [0.15, 0.2) is 11.0 Å². The van der Waals surface area contributed by atoms with Crippen molar-refractivity contribution in [3.63, 3.8) is 0 Å². The van der Waals surface area contributed by atoms with E-state index in [9.17, 15) is 4.79 Å². The second-order valence-electron chi connectivity index (χ2n) is 10.7. The van der Waals surface area contributed by atoms with Crippen molar-refractivity contribution in [2.24, 2.45) is 0 Å². The average Bonchev–Trinajstić information content (AvgIpc) is 3.41. The normalized spacial score (nSPS) is 22.5. The van der Waals surface area contributed by atoms with Gasteiger partial charge in [-0.25, -0.2) is 0 Å². The molecule has 2 fully saturated rings. The van der Waals surface area contributed by atoms with Gasteiger partial charge in [-0.1, -0.05) is 69.6 Å². The Kier molecular flexibility index (Phi) is 6.99. The molecule has 1 aliphatic carbocycles. The van der Waals surface area contributed by atoms with Crippen molar-refractivity contribution in [3.05, 3.63) is 29.8 Å². The lowest BCUT2D eigenvalue weighted by Gasteiger charge is -2.39. The van der Waals surface area contributed by atoms with E-state index in [1.165, 1.54) is 24.8 Å². The number of nitrogens with zero attached hydrogens (tertiary/aromatic N) is 4. The van der Waals surface area contributed by atoms with E-state index >= 15 is 0 Å². The van der Waals surface area contributed by atoms with Gasteiger partial charge in [-0.15, -0.1) is 10.2 Å². The molecule has 2 unspecified atom stereocenters. The van der Waals surface area contributed by atoms with Gasteiger partial charge >= 0.3 is 0 Å². The van der Waals surface area contributed by atoms with E-state index in [2.05, 4.69) is 78.5 Å². The Morgan fingerprint density at radius 1 is 0.969 bits per heavy atom. The molecule has 0 bridgehead atoms. The lowest BCUT2D eigenvalue weighted by Crippen LogP contribution is -2.48. The summed E-state index contributed by atoms with van der Waals surface area (Å²) in [6.07, 6.45) is 8.24. The van der Waals surface area contributed by atoms with Crippen molar-refractivity contribution < 1.29 is 4.79 Å². The third-order valence-electron chi connectivity index (χ3n) is 7.17. The van der Waals surface area contributed by atoms with E-state index < -0.39 is 0 Å². The Morgan fingerprint density at radius 3 is 2.19 bits per heavy atom. The Morgan fingerprint density at radius 2 is 1.59 bits per heavy atom. The van der Waals surface area contributed by atoms with Crippen LogP contribution in [0.3, 0.4) is 0 Å². The first-order valence-electron chi connectivity index (χ1n) is 12.3. The summed E-state index contributed by atoms with van der Waals surface area (Å²) in [6.45, 7) is 11.1. The van der Waals surface area contributed by atoms with Gasteiger partial charge in [-0.2, -0.15) is 0 Å². The minimum atomic E-state index is 0.127. The van der Waals surface area contributed by atoms with Crippen LogP contribution in [0.4, 0.5) is 0 Å². The molecule has 6 heteroatoms. The first kappa shape index (κ1) is 23.3. The number of benzene rings is 1. The summed E-state index contributed by atoms with van der Waals surface area (Å²) in [7, 11) is 0. The molecule has 1 aliphatic heterocycles. The quantitative estimate of drug-likeness (QED) is 0.502. The minimum absolute atomic E-state index is 0.127. The summed E-state index contributed by atoms with van der Waals surface area (Å²) < 4.78 is 2.32. The molecule has 2 heterocycles. The smallest absolute Gasteiger partial charge is 0.233 e. The highest BCUT2D eigenvalue weighted by molar-refractivity contribution is 7.99. The average molecular weight is 455 g/mol. The molecule has 4 rings (SSSR count). The van der Waals surface area contributed by atoms with Gasteiger partial charge in [-0.3, -0.25) is 9.36 Å². The van der Waals surface area contributed by atoms with Crippen LogP contribution in [0.1, 0.15) is 91.2 Å². The van der Waals surface area contributed by atoms with E-state index in [0.717, 1.165) is 42.2 Å². The van der Waals surface area contributed by atoms with Gasteiger partial charge in [0.1, 0.15) is 0 Å². The fourth-order valence-corrected chi connectivity index (χ4v) is 6.17. The van der Waals surface area contributed by atoms with Crippen molar-refractivity contribution in [2.75, 3.05) is 5.75 Å². The van der Waals surface area contributed by atoms with Crippen LogP contribution < -0.4 is 0 Å². The number of thioether (sulfide) groups is 1. The van der Waals surface area contributed by atoms with Crippen LogP contribution in [0, 0.1) is 0 Å². The first-order valence-corrected chi connectivity index (χ1v) is 13.2. The zero-order valence-electron chi connectivity index (χ0n) is 20.3. The lowest BCUT2D eigenvalue weighted by molar-refractivity contribution is -0.134. The van der Waals surface area contributed by atoms with Crippen LogP contribution in [0.5, 0.6) is 0 Å². The second-order valence-corrected chi connectivity index (χ2v) is 11.6. The highest BCUT2D eigenvalue weighted by Crippen LogP contribution is 2.37. The Labute approximate surface area is 197 Å². The Balaban J connectivity index is 1.56. The maximum atomic E-state index is 13.1. The van der Waals surface area contributed by atoms with E-state index in [4.69, 9.17) is 0 Å². The van der Waals surface area contributed by atoms with Crippen molar-refractivity contribution in [2.45, 2.75) is 108 Å². The van der Waals surface area contributed by atoms with Crippen molar-refractivity contribution in [1.82, 2.24) is 19.7 Å². The molecule has 1 saturated heterocycles. The molecule has 2 aliphatic rings. The molecule has 2 atom stereocenters. The number of piperidine rings is 1. The van der Waals surface area contributed by atoms with Gasteiger partial charge in [0.25, 0.3) is 0 Å². The molecular formula is C26H38N4OS. The number of rotatable bonds is 5. The molecule has 1 aromatic carbocycles. The van der Waals surface area contributed by atoms with Crippen LogP contribution in [-0.2, 0) is 10.2 Å². The third-order valence-corrected chi connectivity index (χ3v) is 8.10. The van der Waals surface area contributed by atoms with Gasteiger partial charge in [0.2, 0.25) is 5.91 Å². The number of hydrogen-bond acceptors (Lipinski definition) is 4. The van der Waals surface area contributed by atoms with E-state index in [0.29, 0.717) is 23.9 Å². The predicted molar refractivity (Wildman–Crippen MR) is 132 cm³/mol. The molecule has 1 saturated carbocycles. The van der Waals surface area contributed by atoms with Crippen molar-refractivity contribution in [1.29, 1.82) is 0 Å². The number of amides is 1. The SMILES string of the molecule is CC1CCCC(C)N1C(=O)CSc1nnc(-c2ccc(C(C)(C)C)cc2)n1C1CCCC1. The molecular weight excluding hydrogens is 416 g/mol. The van der Waals surface area contributed by atoms with Gasteiger partial charge in [0, 0.05) is 23.7 Å². The number of carbonyl (C=O) groups is 1. The number of hydrogen-bond donors (Lipinski definition) is 0. The molecule has 0 spiro atoms. The standard InChI is InChI=1S/C26H38N4OS/c1-18-9-8-10-19(2)29(18)23(31)17-32-25-28-27-24(30(25)22-11-6-7-12-22)20-13-15-21(16-14-20)26(3,4)5/h13-16,18-19,22H,6-12,17H2,1-5H3. The summed E-state index contributed by atoms with van der Waals surface area (Å²) in [5.41, 5.74) is 2.55. The first-order chi connectivity index (χ1) is 15.3. The van der Waals surface area contributed by atoms with E-state index in [-0.39, 0.29) is 11.3 Å². The van der Waals surface area contributed by atoms with Crippen LogP contribution >= 0.6 is 11.8 Å². The molecule has 2 aromatic rings. The second kappa shape index (κ2) is 9.58. The maximum Gasteiger partial charge on any atom is 0.233 e. The van der Waals surface area contributed by atoms with Crippen molar-refractivity contribution in [3.8, 4) is 11.4 Å². The highest BCUT2D eigenvalue weighted by atomic mass is 32.2. The Hall–Kier alpha value is -1.82. The third kappa shape index (κ3) is 4.90. The van der Waals surface area contributed by atoms with Crippen LogP contribution in [0.2, 0.25) is 0 Å². The topological polar surface area (TPSA) is 51.0 Å². The molecule has 1 aromatic heterocycles. The summed E-state index contributed by atoms with van der Waals surface area (Å²) in [4.78, 5) is 15.2. The van der Waals surface area contributed by atoms with E-state index in [1.54, 1.807) is 11.8 Å². The molecule has 32 heavy (non-hydrogen) atoms. The summed E-state index contributed by atoms with van der Waals surface area (Å²) in [5.74, 6) is 1.60. The predicted octanol–water partition coefficient (Wildman–Crippen LogP) is 6.24. The fraction of sp³-hybridized carbons (Fsp3) is 0.654. The van der Waals surface area contributed by atoms with Crippen LogP contribution in [-0.4, -0.2) is 43.4 Å². The Bertz CT molecular complexity index is 914. The molecule has 174 valence electrons. The highest BCUT2D eigenvalue weighted by Gasteiger charge is 2.30. The fourth-order valence-electron chi connectivity index (χ4n) is 5.30. The molecule has 5 nitrogen and oxygen atoms in total. The lowest BCUT2D eigenvalue weighted by atomic mass is 9.86. The zero-order valence-corrected chi connectivity index (χ0v) is 21.1. The summed E-state index contributed by atoms with van der Waals surface area (Å²) in [5, 5.41) is 10.1. The van der Waals surface area contributed by atoms with Gasteiger partial charge in [-0.05, 0) is 56.9 Å². The minimum Gasteiger partial charge on any atom is -0.337 e. The summed E-state index contributed by atoms with van der Waals surface area (Å²) >= 11 is 1.56. The van der Waals surface area contributed by atoms with E-state index in [1.807, 2.05) is 0 Å². The number of likely N-dealkylation sites (tertiary alicyclic amines) is 1. The number of carbonyl (C=O) groups excluding carboxylic acids is 1. The van der Waals surface area contributed by atoms with Gasteiger partial charge < -0.3 is 4.90 Å². The molecule has 1 amide bonds. The van der Waals surface area contributed by atoms with Crippen LogP contribution in [0.15, 0.2) is 29.4 Å².